The van der Waals surface area contributed by atoms with Gasteiger partial charge in [-0.05, 0) is 33.6 Å². The minimum Gasteiger partial charge on any atom is -0.382 e. The molecule has 0 spiro atoms. The van der Waals surface area contributed by atoms with Crippen LogP contribution in [0.2, 0.25) is 0 Å². The number of ether oxygens (including phenoxy) is 2. The Morgan fingerprint density at radius 2 is 2.00 bits per heavy atom. The highest BCUT2D eigenvalue weighted by atomic mass is 16.5. The zero-order chi connectivity index (χ0) is 13.3. The Labute approximate surface area is 104 Å². The second-order valence-corrected chi connectivity index (χ2v) is 4.70. The maximum atomic E-state index is 11.4. The monoisotopic (exact) mass is 246 g/mol. The van der Waals surface area contributed by atoms with Crippen molar-refractivity contribution >= 4 is 5.91 Å². The van der Waals surface area contributed by atoms with Crippen LogP contribution in [0.15, 0.2) is 0 Å². The molecule has 0 aromatic carbocycles. The summed E-state index contributed by atoms with van der Waals surface area (Å²) < 4.78 is 10.2. The van der Waals surface area contributed by atoms with Gasteiger partial charge in [-0.2, -0.15) is 0 Å². The fourth-order valence-electron chi connectivity index (χ4n) is 1.68. The topological polar surface area (TPSA) is 73.6 Å². The molecule has 5 heteroatoms. The van der Waals surface area contributed by atoms with Gasteiger partial charge >= 0.3 is 0 Å². The molecular formula is C12H26N2O3. The van der Waals surface area contributed by atoms with Gasteiger partial charge in [0.1, 0.15) is 0 Å². The minimum atomic E-state index is -0.654. The summed E-state index contributed by atoms with van der Waals surface area (Å²) in [7, 11) is 1.64. The average Bonchev–Trinajstić information content (AvgIpc) is 2.22. The largest absolute Gasteiger partial charge is 0.382 e. The number of rotatable bonds is 10. The number of carbonyl (C=O) groups excluding carboxylic acids is 1. The second-order valence-electron chi connectivity index (χ2n) is 4.70. The first-order chi connectivity index (χ1) is 7.92. The highest BCUT2D eigenvalue weighted by molar-refractivity contribution is 5.84. The van der Waals surface area contributed by atoms with Gasteiger partial charge in [0.05, 0.1) is 18.8 Å². The molecule has 1 amide bonds. The Kier molecular flexibility index (Phi) is 8.12. The van der Waals surface area contributed by atoms with Crippen molar-refractivity contribution in [3.63, 3.8) is 0 Å². The van der Waals surface area contributed by atoms with Crippen LogP contribution in [0.3, 0.4) is 0 Å². The summed E-state index contributed by atoms with van der Waals surface area (Å²) in [6.07, 6.45) is 1.47. The maximum absolute atomic E-state index is 11.4. The van der Waals surface area contributed by atoms with Gasteiger partial charge in [0.25, 0.3) is 0 Å². The average molecular weight is 246 g/mol. The second kappa shape index (κ2) is 8.44. The number of nitrogens with one attached hydrogen (secondary N) is 1. The SMILES string of the molecule is COCCOCCCC(C)(NC(C)C)C(N)=O. The Bertz CT molecular complexity index is 222. The number of methoxy groups -OCH3 is 1. The van der Waals surface area contributed by atoms with E-state index in [0.717, 1.165) is 6.42 Å². The van der Waals surface area contributed by atoms with E-state index in [1.54, 1.807) is 7.11 Å². The number of carbonyl (C=O) groups is 1. The molecule has 3 N–H and O–H groups in total. The number of amides is 1. The molecule has 0 radical (unpaired) electrons. The number of hydrogen-bond donors (Lipinski definition) is 2. The third-order valence-electron chi connectivity index (χ3n) is 2.55. The molecule has 0 bridgehead atoms. The van der Waals surface area contributed by atoms with Crippen molar-refractivity contribution in [1.82, 2.24) is 5.32 Å². The highest BCUT2D eigenvalue weighted by Crippen LogP contribution is 2.13. The maximum Gasteiger partial charge on any atom is 0.237 e. The van der Waals surface area contributed by atoms with Crippen LogP contribution in [0.4, 0.5) is 0 Å². The van der Waals surface area contributed by atoms with E-state index in [1.165, 1.54) is 0 Å². The van der Waals surface area contributed by atoms with E-state index >= 15 is 0 Å². The normalized spacial score (nSPS) is 14.9. The molecule has 0 saturated heterocycles. The molecule has 0 aliphatic rings. The highest BCUT2D eigenvalue weighted by Gasteiger charge is 2.30. The lowest BCUT2D eigenvalue weighted by Gasteiger charge is -2.29. The summed E-state index contributed by atoms with van der Waals surface area (Å²) in [6.45, 7) is 7.63. The van der Waals surface area contributed by atoms with Crippen molar-refractivity contribution in [2.45, 2.75) is 45.2 Å². The van der Waals surface area contributed by atoms with E-state index in [2.05, 4.69) is 5.32 Å². The lowest BCUT2D eigenvalue weighted by molar-refractivity contribution is -0.124. The molecule has 0 aliphatic carbocycles. The predicted octanol–water partition coefficient (Wildman–Crippen LogP) is 0.672. The molecular weight excluding hydrogens is 220 g/mol. The molecule has 0 fully saturated rings. The van der Waals surface area contributed by atoms with Gasteiger partial charge in [-0.15, -0.1) is 0 Å². The summed E-state index contributed by atoms with van der Waals surface area (Å²) in [5.41, 5.74) is 4.77. The van der Waals surface area contributed by atoms with Crippen LogP contribution in [0.1, 0.15) is 33.6 Å². The van der Waals surface area contributed by atoms with E-state index in [0.29, 0.717) is 26.2 Å². The molecule has 0 heterocycles. The predicted molar refractivity (Wildman–Crippen MR) is 67.8 cm³/mol. The zero-order valence-electron chi connectivity index (χ0n) is 11.4. The van der Waals surface area contributed by atoms with Crippen molar-refractivity contribution in [3.05, 3.63) is 0 Å². The first kappa shape index (κ1) is 16.4. The molecule has 0 rings (SSSR count). The molecule has 1 unspecified atom stereocenters. The van der Waals surface area contributed by atoms with Crippen molar-refractivity contribution in [1.29, 1.82) is 0 Å². The summed E-state index contributed by atoms with van der Waals surface area (Å²) >= 11 is 0. The first-order valence-corrected chi connectivity index (χ1v) is 6.06. The summed E-state index contributed by atoms with van der Waals surface area (Å²) in [4.78, 5) is 11.4. The van der Waals surface area contributed by atoms with E-state index in [9.17, 15) is 4.79 Å². The Balaban J connectivity index is 3.89. The van der Waals surface area contributed by atoms with Gasteiger partial charge in [0.2, 0.25) is 5.91 Å². The lowest BCUT2D eigenvalue weighted by atomic mass is 9.94. The van der Waals surface area contributed by atoms with Crippen LogP contribution in [0, 0.1) is 0 Å². The van der Waals surface area contributed by atoms with Crippen molar-refractivity contribution < 1.29 is 14.3 Å². The summed E-state index contributed by atoms with van der Waals surface area (Å²) in [5.74, 6) is -0.317. The molecule has 1 atom stereocenters. The molecule has 0 aromatic rings. The molecule has 17 heavy (non-hydrogen) atoms. The van der Waals surface area contributed by atoms with Gasteiger partial charge in [-0.3, -0.25) is 4.79 Å². The van der Waals surface area contributed by atoms with Gasteiger partial charge in [0.15, 0.2) is 0 Å². The van der Waals surface area contributed by atoms with Crippen molar-refractivity contribution in [3.8, 4) is 0 Å². The number of nitrogens with two attached hydrogens (primary N) is 1. The fraction of sp³-hybridized carbons (Fsp3) is 0.917. The van der Waals surface area contributed by atoms with E-state index in [1.807, 2.05) is 20.8 Å². The van der Waals surface area contributed by atoms with Crippen LogP contribution >= 0.6 is 0 Å². The Morgan fingerprint density at radius 3 is 2.47 bits per heavy atom. The lowest BCUT2D eigenvalue weighted by Crippen LogP contribution is -2.55. The quantitative estimate of drug-likeness (QED) is 0.556. The number of primary amides is 1. The molecule has 0 aromatic heterocycles. The van der Waals surface area contributed by atoms with Crippen LogP contribution in [-0.2, 0) is 14.3 Å². The van der Waals surface area contributed by atoms with Crippen LogP contribution in [0.5, 0.6) is 0 Å². The van der Waals surface area contributed by atoms with E-state index in [4.69, 9.17) is 15.2 Å². The first-order valence-electron chi connectivity index (χ1n) is 6.06. The van der Waals surface area contributed by atoms with Crippen molar-refractivity contribution in [2.75, 3.05) is 26.9 Å². The molecule has 102 valence electrons. The minimum absolute atomic E-state index is 0.224. The van der Waals surface area contributed by atoms with Gasteiger partial charge < -0.3 is 20.5 Å². The van der Waals surface area contributed by atoms with Gasteiger partial charge in [-0.1, -0.05) is 0 Å². The van der Waals surface area contributed by atoms with E-state index in [-0.39, 0.29) is 11.9 Å². The molecule has 5 nitrogen and oxygen atoms in total. The third kappa shape index (κ3) is 7.31. The molecule has 0 aliphatic heterocycles. The van der Waals surface area contributed by atoms with Crippen molar-refractivity contribution in [2.24, 2.45) is 5.73 Å². The van der Waals surface area contributed by atoms with Crippen LogP contribution in [0.25, 0.3) is 0 Å². The smallest absolute Gasteiger partial charge is 0.237 e. The number of hydrogen-bond acceptors (Lipinski definition) is 4. The summed E-state index contributed by atoms with van der Waals surface area (Å²) in [6, 6.07) is 0.224. The van der Waals surface area contributed by atoms with Crippen LogP contribution in [-0.4, -0.2) is 44.4 Å². The Hall–Kier alpha value is -0.650. The summed E-state index contributed by atoms with van der Waals surface area (Å²) in [5, 5.41) is 3.20. The zero-order valence-corrected chi connectivity index (χ0v) is 11.4. The molecule has 0 saturated carbocycles. The Morgan fingerprint density at radius 1 is 1.35 bits per heavy atom. The van der Waals surface area contributed by atoms with Gasteiger partial charge in [-0.25, -0.2) is 0 Å². The third-order valence-corrected chi connectivity index (χ3v) is 2.55. The van der Waals surface area contributed by atoms with E-state index < -0.39 is 5.54 Å². The standard InChI is InChI=1S/C12H26N2O3/c1-10(2)14-12(3,11(13)15)6-5-7-17-9-8-16-4/h10,14H,5-9H2,1-4H3,(H2,13,15). The van der Waals surface area contributed by atoms with Gasteiger partial charge in [0, 0.05) is 19.8 Å². The van der Waals surface area contributed by atoms with Crippen LogP contribution < -0.4 is 11.1 Å². The fourth-order valence-corrected chi connectivity index (χ4v) is 1.68.